The minimum absolute atomic E-state index is 0.0110. The van der Waals surface area contributed by atoms with Crippen LogP contribution in [0.25, 0.3) is 21.9 Å². The monoisotopic (exact) mass is 272 g/mol. The molecule has 0 unspecified atom stereocenters. The molecular weight excluding hydrogens is 256 g/mol. The highest BCUT2D eigenvalue weighted by Gasteiger charge is 2.20. The van der Waals surface area contributed by atoms with E-state index in [2.05, 4.69) is 0 Å². The average molecular weight is 272 g/mol. The molecule has 0 bridgehead atoms. The highest BCUT2D eigenvalue weighted by molar-refractivity contribution is 6.00. The maximum atomic E-state index is 12.0. The Balaban J connectivity index is 2.57. The molecule has 104 valence electrons. The van der Waals surface area contributed by atoms with E-state index in [0.717, 1.165) is 16.5 Å². The normalized spacial score (nSPS) is 11.8. The molecule has 2 aromatic heterocycles. The number of hydrogen-bond donors (Lipinski definition) is 1. The summed E-state index contributed by atoms with van der Waals surface area (Å²) in [5, 5.41) is 11.9. The van der Waals surface area contributed by atoms with Crippen LogP contribution < -0.4 is 5.63 Å². The van der Waals surface area contributed by atoms with Crippen molar-refractivity contribution in [3.63, 3.8) is 0 Å². The molecule has 0 atom stereocenters. The first kappa shape index (κ1) is 12.8. The Morgan fingerprint density at radius 3 is 2.50 bits per heavy atom. The topological polar surface area (TPSA) is 63.6 Å². The molecule has 4 heteroatoms. The minimum Gasteiger partial charge on any atom is -0.507 e. The number of hydrogen-bond acceptors (Lipinski definition) is 4. The number of aryl methyl sites for hydroxylation is 2. The number of benzene rings is 1. The van der Waals surface area contributed by atoms with Crippen LogP contribution in [-0.4, -0.2) is 5.11 Å². The summed E-state index contributed by atoms with van der Waals surface area (Å²) >= 11 is 0. The molecule has 3 rings (SSSR count). The molecule has 3 aromatic rings. The molecule has 0 fully saturated rings. The smallest absolute Gasteiger partial charge is 0.343 e. The van der Waals surface area contributed by atoms with Crippen molar-refractivity contribution in [1.82, 2.24) is 0 Å². The number of furan rings is 1. The van der Waals surface area contributed by atoms with E-state index in [9.17, 15) is 9.90 Å². The van der Waals surface area contributed by atoms with Crippen LogP contribution in [0.2, 0.25) is 0 Å². The first-order chi connectivity index (χ1) is 9.41. The lowest BCUT2D eigenvalue weighted by atomic mass is 9.99. The molecule has 20 heavy (non-hydrogen) atoms. The van der Waals surface area contributed by atoms with Gasteiger partial charge in [-0.2, -0.15) is 0 Å². The van der Waals surface area contributed by atoms with Crippen molar-refractivity contribution in [3.8, 4) is 5.75 Å². The predicted octanol–water partition coefficient (Wildman–Crippen LogP) is 3.99. The fraction of sp³-hybridized carbons (Fsp3) is 0.312. The SMILES string of the molecule is Cc1coc2c(C)c3oc(=O)c(C(C)C)c(O)c3cc12. The zero-order valence-corrected chi connectivity index (χ0v) is 11.9. The maximum Gasteiger partial charge on any atom is 0.343 e. The van der Waals surface area contributed by atoms with Gasteiger partial charge >= 0.3 is 5.63 Å². The second-order valence-electron chi connectivity index (χ2n) is 5.48. The lowest BCUT2D eigenvalue weighted by Crippen LogP contribution is -2.09. The molecule has 0 amide bonds. The fourth-order valence-corrected chi connectivity index (χ4v) is 2.64. The Labute approximate surface area is 115 Å². The summed E-state index contributed by atoms with van der Waals surface area (Å²) in [7, 11) is 0. The van der Waals surface area contributed by atoms with E-state index in [4.69, 9.17) is 8.83 Å². The highest BCUT2D eigenvalue weighted by Crippen LogP contribution is 2.37. The third kappa shape index (κ3) is 1.57. The summed E-state index contributed by atoms with van der Waals surface area (Å²) in [5.41, 5.74) is 2.62. The largest absolute Gasteiger partial charge is 0.507 e. The average Bonchev–Trinajstić information content (AvgIpc) is 2.73. The van der Waals surface area contributed by atoms with E-state index in [-0.39, 0.29) is 11.7 Å². The zero-order chi connectivity index (χ0) is 14.6. The summed E-state index contributed by atoms with van der Waals surface area (Å²) < 4.78 is 10.9. The summed E-state index contributed by atoms with van der Waals surface area (Å²) in [6.45, 7) is 7.47. The molecule has 0 saturated carbocycles. The summed E-state index contributed by atoms with van der Waals surface area (Å²) in [5.74, 6) is -0.0889. The van der Waals surface area contributed by atoms with E-state index in [1.54, 1.807) is 6.26 Å². The number of fused-ring (bicyclic) bond motifs is 2. The third-order valence-corrected chi connectivity index (χ3v) is 3.74. The van der Waals surface area contributed by atoms with Gasteiger partial charge in [-0.25, -0.2) is 4.79 Å². The van der Waals surface area contributed by atoms with Gasteiger partial charge in [-0.15, -0.1) is 0 Å². The zero-order valence-electron chi connectivity index (χ0n) is 11.9. The molecule has 0 aliphatic rings. The van der Waals surface area contributed by atoms with Crippen molar-refractivity contribution in [1.29, 1.82) is 0 Å². The van der Waals surface area contributed by atoms with Gasteiger partial charge in [0.1, 0.15) is 16.9 Å². The van der Waals surface area contributed by atoms with Gasteiger partial charge in [-0.3, -0.25) is 0 Å². The first-order valence-electron chi connectivity index (χ1n) is 6.59. The minimum atomic E-state index is -0.490. The van der Waals surface area contributed by atoms with Gasteiger partial charge in [0.15, 0.2) is 0 Å². The van der Waals surface area contributed by atoms with Gasteiger partial charge in [-0.05, 0) is 31.4 Å². The summed E-state index contributed by atoms with van der Waals surface area (Å²) in [6.07, 6.45) is 1.66. The first-order valence-corrected chi connectivity index (χ1v) is 6.59. The Bertz CT molecular complexity index is 881. The van der Waals surface area contributed by atoms with E-state index >= 15 is 0 Å². The van der Waals surface area contributed by atoms with E-state index < -0.39 is 5.63 Å². The van der Waals surface area contributed by atoms with Gasteiger partial charge in [0, 0.05) is 10.9 Å². The van der Waals surface area contributed by atoms with Crippen molar-refractivity contribution >= 4 is 21.9 Å². The van der Waals surface area contributed by atoms with Gasteiger partial charge in [-0.1, -0.05) is 13.8 Å². The van der Waals surface area contributed by atoms with E-state index in [1.807, 2.05) is 33.8 Å². The van der Waals surface area contributed by atoms with Crippen LogP contribution in [-0.2, 0) is 0 Å². The molecule has 0 saturated heterocycles. The predicted molar refractivity (Wildman–Crippen MR) is 77.5 cm³/mol. The molecule has 1 N–H and O–H groups in total. The van der Waals surface area contributed by atoms with Crippen LogP contribution in [0.4, 0.5) is 0 Å². The molecule has 0 spiro atoms. The van der Waals surface area contributed by atoms with Gasteiger partial charge in [0.2, 0.25) is 0 Å². The summed E-state index contributed by atoms with van der Waals surface area (Å²) in [6, 6.07) is 1.82. The Morgan fingerprint density at radius 2 is 1.85 bits per heavy atom. The van der Waals surface area contributed by atoms with Crippen LogP contribution in [0.15, 0.2) is 26.0 Å². The maximum absolute atomic E-state index is 12.0. The van der Waals surface area contributed by atoms with Gasteiger partial charge in [0.25, 0.3) is 0 Å². The van der Waals surface area contributed by atoms with Crippen molar-refractivity contribution in [3.05, 3.63) is 39.4 Å². The van der Waals surface area contributed by atoms with Crippen LogP contribution in [0.5, 0.6) is 5.75 Å². The van der Waals surface area contributed by atoms with Crippen LogP contribution >= 0.6 is 0 Å². The molecule has 0 aliphatic heterocycles. The second kappa shape index (κ2) is 4.13. The standard InChI is InChI=1S/C16H16O4/c1-7(2)12-13(17)11-5-10-8(3)6-19-14(10)9(4)15(11)20-16(12)18/h5-7,17H,1-4H3. The number of aromatic hydroxyl groups is 1. The second-order valence-corrected chi connectivity index (χ2v) is 5.48. The number of rotatable bonds is 1. The Morgan fingerprint density at radius 1 is 1.15 bits per heavy atom. The van der Waals surface area contributed by atoms with Crippen molar-refractivity contribution < 1.29 is 13.9 Å². The molecule has 2 heterocycles. The van der Waals surface area contributed by atoms with Gasteiger partial charge < -0.3 is 13.9 Å². The highest BCUT2D eigenvalue weighted by atomic mass is 16.4. The Kier molecular flexibility index (Phi) is 2.64. The molecule has 4 nitrogen and oxygen atoms in total. The third-order valence-electron chi connectivity index (χ3n) is 3.74. The van der Waals surface area contributed by atoms with Crippen LogP contribution in [0, 0.1) is 13.8 Å². The van der Waals surface area contributed by atoms with Crippen LogP contribution in [0.3, 0.4) is 0 Å². The van der Waals surface area contributed by atoms with Crippen molar-refractivity contribution in [2.24, 2.45) is 0 Å². The quantitative estimate of drug-likeness (QED) is 0.680. The molecule has 0 radical (unpaired) electrons. The van der Waals surface area contributed by atoms with Crippen LogP contribution in [0.1, 0.15) is 36.5 Å². The summed E-state index contributed by atoms with van der Waals surface area (Å²) in [4.78, 5) is 12.0. The van der Waals surface area contributed by atoms with E-state index in [0.29, 0.717) is 22.1 Å². The lowest BCUT2D eigenvalue weighted by molar-refractivity contribution is 0.451. The molecule has 1 aromatic carbocycles. The fourth-order valence-electron chi connectivity index (χ4n) is 2.64. The Hall–Kier alpha value is -2.23. The van der Waals surface area contributed by atoms with Crippen molar-refractivity contribution in [2.75, 3.05) is 0 Å². The van der Waals surface area contributed by atoms with Crippen molar-refractivity contribution in [2.45, 2.75) is 33.6 Å². The van der Waals surface area contributed by atoms with Gasteiger partial charge in [0.05, 0.1) is 17.2 Å². The lowest BCUT2D eigenvalue weighted by Gasteiger charge is -2.10. The van der Waals surface area contributed by atoms with E-state index in [1.165, 1.54) is 0 Å². The molecular formula is C16H16O4. The molecule has 0 aliphatic carbocycles.